The number of aliphatic imine (C=N–C) groups is 2. The van der Waals surface area contributed by atoms with E-state index in [1.165, 1.54) is 11.1 Å². The van der Waals surface area contributed by atoms with Gasteiger partial charge < -0.3 is 10.2 Å². The van der Waals surface area contributed by atoms with E-state index in [0.717, 1.165) is 60.5 Å². The van der Waals surface area contributed by atoms with E-state index in [4.69, 9.17) is 20.1 Å². The first-order valence-corrected chi connectivity index (χ1v) is 15.7. The van der Waals surface area contributed by atoms with Gasteiger partial charge in [0.2, 0.25) is 0 Å². The predicted molar refractivity (Wildman–Crippen MR) is 196 cm³/mol. The Labute approximate surface area is 273 Å². The predicted octanol–water partition coefficient (Wildman–Crippen LogP) is 10.4. The summed E-state index contributed by atoms with van der Waals surface area (Å²) in [5, 5.41) is 4.45. The number of hydrogen-bond donors (Lipinski definition) is 1. The molecule has 0 aliphatic carbocycles. The van der Waals surface area contributed by atoms with Crippen LogP contribution in [0.15, 0.2) is 178 Å². The second kappa shape index (κ2) is 12.3. The van der Waals surface area contributed by atoms with Crippen molar-refractivity contribution in [3.63, 3.8) is 0 Å². The van der Waals surface area contributed by atoms with Crippen LogP contribution in [0.2, 0.25) is 0 Å². The van der Waals surface area contributed by atoms with E-state index in [2.05, 4.69) is 97.1 Å². The largest absolute Gasteiger partial charge is 0.456 e. The van der Waals surface area contributed by atoms with Crippen molar-refractivity contribution < 1.29 is 4.42 Å². The van der Waals surface area contributed by atoms with Crippen molar-refractivity contribution in [2.75, 3.05) is 0 Å². The summed E-state index contributed by atoms with van der Waals surface area (Å²) in [4.78, 5) is 9.82. The minimum Gasteiger partial charge on any atom is -0.456 e. The number of furan rings is 1. The number of amidine groups is 2. The maximum absolute atomic E-state index is 6.71. The molecule has 0 aliphatic rings. The van der Waals surface area contributed by atoms with Gasteiger partial charge in [0, 0.05) is 21.9 Å². The average Bonchev–Trinajstić information content (AvgIpc) is 3.53. The second-order valence-electron chi connectivity index (χ2n) is 11.6. The number of hydrogen-bond acceptors (Lipinski definition) is 2. The highest BCUT2D eigenvalue weighted by Gasteiger charge is 2.13. The van der Waals surface area contributed by atoms with Crippen molar-refractivity contribution in [2.45, 2.75) is 6.54 Å². The van der Waals surface area contributed by atoms with Gasteiger partial charge in [-0.1, -0.05) is 140 Å². The lowest BCUT2D eigenvalue weighted by atomic mass is 9.96. The Balaban J connectivity index is 1.13. The normalized spacial score (nSPS) is 12.3. The highest BCUT2D eigenvalue weighted by atomic mass is 16.3. The van der Waals surface area contributed by atoms with Gasteiger partial charge in [0.15, 0.2) is 5.84 Å². The molecule has 0 fully saturated rings. The molecule has 47 heavy (non-hydrogen) atoms. The lowest BCUT2D eigenvalue weighted by molar-refractivity contribution is 0.669. The summed E-state index contributed by atoms with van der Waals surface area (Å²) >= 11 is 0. The van der Waals surface area contributed by atoms with E-state index in [0.29, 0.717) is 18.2 Å². The molecule has 224 valence electrons. The van der Waals surface area contributed by atoms with Crippen LogP contribution < -0.4 is 5.73 Å². The maximum atomic E-state index is 6.71. The fourth-order valence-electron chi connectivity index (χ4n) is 6.15. The fraction of sp³-hybridized carbons (Fsp3) is 0.0233. The van der Waals surface area contributed by atoms with Crippen LogP contribution in [0.4, 0.5) is 0 Å². The van der Waals surface area contributed by atoms with Gasteiger partial charge in [-0.3, -0.25) is 4.99 Å². The number of benzene rings is 7. The molecule has 0 saturated heterocycles. The molecule has 0 atom stereocenters. The summed E-state index contributed by atoms with van der Waals surface area (Å²) < 4.78 is 6.15. The highest BCUT2D eigenvalue weighted by molar-refractivity contribution is 6.14. The summed E-state index contributed by atoms with van der Waals surface area (Å²) in [5.41, 5.74) is 16.0. The Bertz CT molecular complexity index is 2420. The third-order valence-electron chi connectivity index (χ3n) is 8.58. The summed E-state index contributed by atoms with van der Waals surface area (Å²) in [6.45, 7) is 0.491. The van der Waals surface area contributed by atoms with Gasteiger partial charge in [-0.15, -0.1) is 0 Å². The van der Waals surface area contributed by atoms with E-state index >= 15 is 0 Å². The van der Waals surface area contributed by atoms with Crippen LogP contribution in [-0.2, 0) is 6.54 Å². The molecule has 0 spiro atoms. The molecule has 0 aliphatic heterocycles. The van der Waals surface area contributed by atoms with Crippen LogP contribution in [0.1, 0.15) is 16.7 Å². The second-order valence-corrected chi connectivity index (χ2v) is 11.6. The summed E-state index contributed by atoms with van der Waals surface area (Å²) in [6.07, 6.45) is 0. The van der Waals surface area contributed by atoms with Gasteiger partial charge in [-0.2, -0.15) is 0 Å². The monoisotopic (exact) mass is 605 g/mol. The SMILES string of the molecule is N/C(=N\C(=N/Cc1ccc(-c2ccccc2)cc1)c1ccccc1)c1ccc2ccc(-c3cccc4oc5ccccc5c34)cc2c1. The van der Waals surface area contributed by atoms with Gasteiger partial charge in [0.1, 0.15) is 17.0 Å². The maximum Gasteiger partial charge on any atom is 0.157 e. The Morgan fingerprint density at radius 3 is 2.04 bits per heavy atom. The van der Waals surface area contributed by atoms with Crippen LogP contribution >= 0.6 is 0 Å². The van der Waals surface area contributed by atoms with Crippen LogP contribution in [0.3, 0.4) is 0 Å². The smallest absolute Gasteiger partial charge is 0.157 e. The third kappa shape index (κ3) is 5.69. The van der Waals surface area contributed by atoms with Crippen molar-refractivity contribution in [3.05, 3.63) is 180 Å². The first-order valence-electron chi connectivity index (χ1n) is 15.7. The first kappa shape index (κ1) is 28.2. The first-order chi connectivity index (χ1) is 23.2. The van der Waals surface area contributed by atoms with E-state index in [1.807, 2.05) is 66.7 Å². The van der Waals surface area contributed by atoms with Crippen molar-refractivity contribution in [3.8, 4) is 22.3 Å². The Hall–Kier alpha value is -6.26. The van der Waals surface area contributed by atoms with Gasteiger partial charge in [-0.05, 0) is 62.9 Å². The van der Waals surface area contributed by atoms with Crippen LogP contribution in [0.25, 0.3) is 55.0 Å². The van der Waals surface area contributed by atoms with Crippen LogP contribution in [0, 0.1) is 0 Å². The van der Waals surface area contributed by atoms with Gasteiger partial charge in [-0.25, -0.2) is 4.99 Å². The van der Waals surface area contributed by atoms with E-state index < -0.39 is 0 Å². The zero-order valence-electron chi connectivity index (χ0n) is 25.7. The minimum atomic E-state index is 0.419. The molecule has 1 aromatic heterocycles. The van der Waals surface area contributed by atoms with Crippen molar-refractivity contribution in [1.82, 2.24) is 0 Å². The molecule has 0 bridgehead atoms. The average molecular weight is 606 g/mol. The number of para-hydroxylation sites is 1. The topological polar surface area (TPSA) is 63.9 Å². The standard InChI is InChI=1S/C43H31N3O/c44-42(46-43(33-12-5-2-6-13-33)45-28-29-18-20-31(21-19-29)30-10-3-1-4-11-30)35-25-23-32-22-24-34(26-36(32)27-35)37-15-9-17-40-41(37)38-14-7-8-16-39(38)47-40/h1-27H,28H2,(H2,44,45,46). The molecule has 8 rings (SSSR count). The van der Waals surface area contributed by atoms with Gasteiger partial charge >= 0.3 is 0 Å². The Morgan fingerprint density at radius 1 is 0.532 bits per heavy atom. The Morgan fingerprint density at radius 2 is 1.21 bits per heavy atom. The molecule has 2 N–H and O–H groups in total. The van der Waals surface area contributed by atoms with Gasteiger partial charge in [0.05, 0.1) is 6.54 Å². The zero-order chi connectivity index (χ0) is 31.6. The van der Waals surface area contributed by atoms with E-state index in [9.17, 15) is 0 Å². The Kier molecular flexibility index (Phi) is 7.37. The highest BCUT2D eigenvalue weighted by Crippen LogP contribution is 2.37. The summed E-state index contributed by atoms with van der Waals surface area (Å²) in [6, 6.07) is 56.1. The van der Waals surface area contributed by atoms with Crippen molar-refractivity contribution >= 4 is 44.4 Å². The molecule has 7 aromatic carbocycles. The number of nitrogens with zero attached hydrogens (tertiary/aromatic N) is 2. The summed E-state index contributed by atoms with van der Waals surface area (Å²) in [7, 11) is 0. The number of nitrogens with two attached hydrogens (primary N) is 1. The molecule has 4 heteroatoms. The van der Waals surface area contributed by atoms with Crippen molar-refractivity contribution in [2.24, 2.45) is 15.7 Å². The lowest BCUT2D eigenvalue weighted by Crippen LogP contribution is -2.16. The fourth-order valence-corrected chi connectivity index (χ4v) is 6.15. The number of fused-ring (bicyclic) bond motifs is 4. The number of rotatable bonds is 6. The van der Waals surface area contributed by atoms with Crippen LogP contribution in [-0.4, -0.2) is 11.7 Å². The molecule has 0 saturated carbocycles. The van der Waals surface area contributed by atoms with E-state index in [1.54, 1.807) is 0 Å². The molecule has 0 amide bonds. The molecule has 8 aromatic rings. The molecular formula is C43H31N3O. The van der Waals surface area contributed by atoms with Crippen molar-refractivity contribution in [1.29, 1.82) is 0 Å². The van der Waals surface area contributed by atoms with Crippen LogP contribution in [0.5, 0.6) is 0 Å². The van der Waals surface area contributed by atoms with E-state index in [-0.39, 0.29) is 0 Å². The lowest BCUT2D eigenvalue weighted by Gasteiger charge is -2.09. The molecule has 1 heterocycles. The quantitative estimate of drug-likeness (QED) is 0.151. The molecular weight excluding hydrogens is 574 g/mol. The minimum absolute atomic E-state index is 0.419. The third-order valence-corrected chi connectivity index (χ3v) is 8.58. The molecule has 4 nitrogen and oxygen atoms in total. The zero-order valence-corrected chi connectivity index (χ0v) is 25.7. The molecule has 0 radical (unpaired) electrons. The summed E-state index contributed by atoms with van der Waals surface area (Å²) in [5.74, 6) is 1.02. The molecule has 0 unspecified atom stereocenters. The van der Waals surface area contributed by atoms with Gasteiger partial charge in [0.25, 0.3) is 0 Å².